The first-order chi connectivity index (χ1) is 32.2. The molecule has 4 heteroatoms. The van der Waals surface area contributed by atoms with Crippen molar-refractivity contribution in [3.63, 3.8) is 0 Å². The van der Waals surface area contributed by atoms with E-state index in [1.165, 1.54) is 212 Å². The number of aliphatic hydroxyl groups excluding tert-OH is 2. The Balaban J connectivity index is 3.44. The molecule has 0 radical (unpaired) electrons. The zero-order valence-electron chi connectivity index (χ0n) is 43.5. The normalized spacial score (nSPS) is 13.4. The number of hydrogen-bond acceptors (Lipinski definition) is 3. The van der Waals surface area contributed by atoms with Gasteiger partial charge in [-0.1, -0.05) is 286 Å². The van der Waals surface area contributed by atoms with E-state index in [2.05, 4.69) is 79.9 Å². The number of allylic oxidation sites excluding steroid dienone is 11. The predicted octanol–water partition coefficient (Wildman–Crippen LogP) is 19.0. The highest BCUT2D eigenvalue weighted by Gasteiger charge is 2.18. The summed E-state index contributed by atoms with van der Waals surface area (Å²) in [6.45, 7) is 4.20. The van der Waals surface area contributed by atoms with Crippen molar-refractivity contribution in [1.82, 2.24) is 5.32 Å². The highest BCUT2D eigenvalue weighted by molar-refractivity contribution is 5.76. The summed E-state index contributed by atoms with van der Waals surface area (Å²) in [6.07, 6.45) is 80.8. The third-order valence-electron chi connectivity index (χ3n) is 12.9. The maximum atomic E-state index is 12.5. The van der Waals surface area contributed by atoms with E-state index < -0.39 is 12.1 Å². The summed E-state index contributed by atoms with van der Waals surface area (Å²) in [5.41, 5.74) is 0. The van der Waals surface area contributed by atoms with Crippen molar-refractivity contribution >= 4 is 5.91 Å². The van der Waals surface area contributed by atoms with Crippen molar-refractivity contribution in [3.8, 4) is 0 Å². The maximum absolute atomic E-state index is 12.5. The molecule has 378 valence electrons. The lowest BCUT2D eigenvalue weighted by molar-refractivity contribution is -0.123. The highest BCUT2D eigenvalue weighted by atomic mass is 16.3. The molecule has 3 N–H and O–H groups in total. The Hall–Kier alpha value is -2.17. The average Bonchev–Trinajstić information content (AvgIpc) is 3.31. The van der Waals surface area contributed by atoms with E-state index >= 15 is 0 Å². The molecule has 0 aromatic carbocycles. The van der Waals surface area contributed by atoms with E-state index in [1.54, 1.807) is 6.08 Å². The van der Waals surface area contributed by atoms with Crippen LogP contribution in [0.3, 0.4) is 0 Å². The molecule has 0 aliphatic carbocycles. The van der Waals surface area contributed by atoms with Crippen molar-refractivity contribution in [2.24, 2.45) is 0 Å². The highest BCUT2D eigenvalue weighted by Crippen LogP contribution is 2.17. The number of hydrogen-bond donors (Lipinski definition) is 3. The Bertz CT molecular complexity index is 1120. The molecule has 2 atom stereocenters. The van der Waals surface area contributed by atoms with Crippen LogP contribution in [0.1, 0.15) is 290 Å². The van der Waals surface area contributed by atoms with Crippen molar-refractivity contribution < 1.29 is 15.0 Å². The molecule has 0 spiro atoms. The van der Waals surface area contributed by atoms with E-state index in [4.69, 9.17) is 0 Å². The summed E-state index contributed by atoms with van der Waals surface area (Å²) in [5.74, 6) is -0.0707. The predicted molar refractivity (Wildman–Crippen MR) is 290 cm³/mol. The number of nitrogens with one attached hydrogen (secondary N) is 1. The molecule has 0 rings (SSSR count). The van der Waals surface area contributed by atoms with Gasteiger partial charge in [-0.05, 0) is 70.6 Å². The van der Waals surface area contributed by atoms with Gasteiger partial charge >= 0.3 is 0 Å². The number of aliphatic hydroxyl groups is 2. The van der Waals surface area contributed by atoms with Gasteiger partial charge in [0, 0.05) is 6.42 Å². The molecule has 1 amide bonds. The topological polar surface area (TPSA) is 69.6 Å². The van der Waals surface area contributed by atoms with Gasteiger partial charge < -0.3 is 15.5 Å². The van der Waals surface area contributed by atoms with Crippen LogP contribution >= 0.6 is 0 Å². The minimum atomic E-state index is -0.862. The molecular weight excluding hydrogens is 795 g/mol. The van der Waals surface area contributed by atoms with Gasteiger partial charge in [0.25, 0.3) is 0 Å². The Morgan fingerprint density at radius 2 is 0.692 bits per heavy atom. The first-order valence-electron chi connectivity index (χ1n) is 28.7. The van der Waals surface area contributed by atoms with Crippen molar-refractivity contribution in [2.75, 3.05) is 6.61 Å². The molecule has 0 bridgehead atoms. The summed E-state index contributed by atoms with van der Waals surface area (Å²) in [5, 5.41) is 23.1. The quantitative estimate of drug-likeness (QED) is 0.0421. The smallest absolute Gasteiger partial charge is 0.220 e. The lowest BCUT2D eigenvalue weighted by Crippen LogP contribution is -2.45. The van der Waals surface area contributed by atoms with Gasteiger partial charge in [-0.15, -0.1) is 0 Å². The molecule has 0 saturated heterocycles. The van der Waals surface area contributed by atoms with Gasteiger partial charge in [0.1, 0.15) is 0 Å². The molecule has 0 aromatic rings. The summed E-state index contributed by atoms with van der Waals surface area (Å²) < 4.78 is 0. The molecule has 0 aliphatic rings. The minimum absolute atomic E-state index is 0.0707. The van der Waals surface area contributed by atoms with E-state index in [-0.39, 0.29) is 12.5 Å². The maximum Gasteiger partial charge on any atom is 0.220 e. The van der Waals surface area contributed by atoms with E-state index in [1.807, 2.05) is 6.08 Å². The van der Waals surface area contributed by atoms with Gasteiger partial charge in [-0.2, -0.15) is 0 Å². The molecule has 2 unspecified atom stereocenters. The summed E-state index contributed by atoms with van der Waals surface area (Å²) in [4.78, 5) is 12.5. The zero-order valence-corrected chi connectivity index (χ0v) is 43.5. The summed E-state index contributed by atoms with van der Waals surface area (Å²) in [6, 6.07) is -0.639. The second-order valence-corrected chi connectivity index (χ2v) is 19.3. The minimum Gasteiger partial charge on any atom is -0.394 e. The molecule has 0 heterocycles. The van der Waals surface area contributed by atoms with Crippen LogP contribution in [0.2, 0.25) is 0 Å². The van der Waals surface area contributed by atoms with Gasteiger partial charge in [-0.3, -0.25) is 4.79 Å². The molecule has 0 aromatic heterocycles. The standard InChI is InChI=1S/C61H111NO3/c1-3-5-7-9-11-13-15-17-19-21-22-23-24-25-26-27-28-29-30-31-32-33-34-35-36-37-38-39-40-41-43-45-47-49-51-53-55-57-61(65)62-59(58-63)60(64)56-54-52-50-48-46-44-42-20-18-16-14-12-10-8-6-4-2/h5,7,11,13,17,19,22-23,46,48,54,56,59-60,63-64H,3-4,6,8-10,12,14-16,18,20-21,24-45,47,49-53,55,57-58H2,1-2H3,(H,62,65)/b7-5-,13-11-,19-17-,23-22-,48-46+,56-54+. The summed E-state index contributed by atoms with van der Waals surface area (Å²) in [7, 11) is 0. The third kappa shape index (κ3) is 52.7. The largest absolute Gasteiger partial charge is 0.394 e. The number of carbonyl (C=O) groups is 1. The fraction of sp³-hybridized carbons (Fsp3) is 0.787. The Morgan fingerprint density at radius 1 is 0.385 bits per heavy atom. The van der Waals surface area contributed by atoms with Crippen LogP contribution in [0.25, 0.3) is 0 Å². The lowest BCUT2D eigenvalue weighted by atomic mass is 10.0. The number of rotatable bonds is 52. The molecular formula is C61H111NO3. The first kappa shape index (κ1) is 62.8. The fourth-order valence-corrected chi connectivity index (χ4v) is 8.60. The molecule has 0 fully saturated rings. The Labute approximate surface area is 406 Å². The number of amides is 1. The fourth-order valence-electron chi connectivity index (χ4n) is 8.60. The second kappa shape index (κ2) is 56.2. The molecule has 65 heavy (non-hydrogen) atoms. The SMILES string of the molecule is CC/C=C\C/C=C\C/C=C\C/C=C\CCCCCCCCCCCCCCCCCCCCCCCCCCC(=O)NC(CO)C(O)/C=C/CC/C=C/CCCCCCCCCCCC. The van der Waals surface area contributed by atoms with Crippen LogP contribution < -0.4 is 5.32 Å². The third-order valence-corrected chi connectivity index (χ3v) is 12.9. The average molecular weight is 907 g/mol. The number of carbonyl (C=O) groups excluding carboxylic acids is 1. The second-order valence-electron chi connectivity index (χ2n) is 19.3. The first-order valence-corrected chi connectivity index (χ1v) is 28.7. The van der Waals surface area contributed by atoms with E-state index in [0.717, 1.165) is 57.8 Å². The lowest BCUT2D eigenvalue weighted by Gasteiger charge is -2.19. The monoisotopic (exact) mass is 906 g/mol. The van der Waals surface area contributed by atoms with Crippen molar-refractivity contribution in [1.29, 1.82) is 0 Å². The molecule has 0 aliphatic heterocycles. The Morgan fingerprint density at radius 3 is 1.08 bits per heavy atom. The van der Waals surface area contributed by atoms with E-state index in [0.29, 0.717) is 6.42 Å². The van der Waals surface area contributed by atoms with Crippen molar-refractivity contribution in [2.45, 2.75) is 302 Å². The van der Waals surface area contributed by atoms with Gasteiger partial charge in [0.2, 0.25) is 5.91 Å². The Kier molecular flexibility index (Phi) is 54.3. The van der Waals surface area contributed by atoms with Crippen LogP contribution in [-0.2, 0) is 4.79 Å². The van der Waals surface area contributed by atoms with Crippen LogP contribution in [0.5, 0.6) is 0 Å². The van der Waals surface area contributed by atoms with Crippen LogP contribution in [-0.4, -0.2) is 34.9 Å². The van der Waals surface area contributed by atoms with Gasteiger partial charge in [0.15, 0.2) is 0 Å². The summed E-state index contributed by atoms with van der Waals surface area (Å²) >= 11 is 0. The van der Waals surface area contributed by atoms with Gasteiger partial charge in [0.05, 0.1) is 18.8 Å². The molecule has 0 saturated carbocycles. The van der Waals surface area contributed by atoms with E-state index in [9.17, 15) is 15.0 Å². The van der Waals surface area contributed by atoms with Crippen LogP contribution in [0.15, 0.2) is 72.9 Å². The zero-order chi connectivity index (χ0) is 47.0. The number of unbranched alkanes of at least 4 members (excludes halogenated alkanes) is 35. The van der Waals surface area contributed by atoms with Gasteiger partial charge in [-0.25, -0.2) is 0 Å². The molecule has 4 nitrogen and oxygen atoms in total. The van der Waals surface area contributed by atoms with Crippen LogP contribution in [0.4, 0.5) is 0 Å². The van der Waals surface area contributed by atoms with Crippen molar-refractivity contribution in [3.05, 3.63) is 72.9 Å². The van der Waals surface area contributed by atoms with Crippen LogP contribution in [0, 0.1) is 0 Å².